The predicted octanol–water partition coefficient (Wildman–Crippen LogP) is 2.21. The summed E-state index contributed by atoms with van der Waals surface area (Å²) in [6.45, 7) is 1.51. The van der Waals surface area contributed by atoms with Gasteiger partial charge in [-0.3, -0.25) is 14.9 Å². The van der Waals surface area contributed by atoms with E-state index < -0.39 is 22.8 Å². The average Bonchev–Trinajstić information content (AvgIpc) is 2.71. The second-order valence-corrected chi connectivity index (χ2v) is 5.65. The largest absolute Gasteiger partial charge is 0.490 e. The highest BCUT2D eigenvalue weighted by Crippen LogP contribution is 2.13. The Morgan fingerprint density at radius 3 is 2.57 bits per heavy atom. The fourth-order valence-electron chi connectivity index (χ4n) is 2.15. The third-order valence-corrected chi connectivity index (χ3v) is 3.60. The van der Waals surface area contributed by atoms with E-state index in [4.69, 9.17) is 14.7 Å². The van der Waals surface area contributed by atoms with Crippen molar-refractivity contribution < 1.29 is 24.0 Å². The summed E-state index contributed by atoms with van der Waals surface area (Å²) in [4.78, 5) is 34.2. The summed E-state index contributed by atoms with van der Waals surface area (Å²) in [7, 11) is 0. The Balaban J connectivity index is 1.77. The molecule has 144 valence electrons. The molecule has 2 aromatic carbocycles. The molecule has 0 aliphatic rings. The van der Waals surface area contributed by atoms with Crippen LogP contribution in [0.4, 0.5) is 5.69 Å². The first-order chi connectivity index (χ1) is 13.4. The number of amides is 1. The Hall–Kier alpha value is -3.93. The van der Waals surface area contributed by atoms with Gasteiger partial charge >= 0.3 is 5.97 Å². The Morgan fingerprint density at radius 2 is 1.93 bits per heavy atom. The van der Waals surface area contributed by atoms with Gasteiger partial charge in [0, 0.05) is 17.7 Å². The van der Waals surface area contributed by atoms with Gasteiger partial charge in [0.05, 0.1) is 16.6 Å². The van der Waals surface area contributed by atoms with Crippen molar-refractivity contribution in [2.75, 3.05) is 13.2 Å². The molecular weight excluding hydrogens is 366 g/mol. The molecule has 2 aromatic rings. The zero-order chi connectivity index (χ0) is 20.5. The minimum Gasteiger partial charge on any atom is -0.490 e. The van der Waals surface area contributed by atoms with E-state index in [0.717, 1.165) is 6.07 Å². The number of non-ortho nitro benzene ring substituents is 1. The first kappa shape index (κ1) is 20.4. The Labute approximate surface area is 160 Å². The molecule has 1 atom stereocenters. The maximum absolute atomic E-state index is 12.1. The smallest absolute Gasteiger partial charge is 0.328 e. The molecule has 1 N–H and O–H groups in total. The maximum atomic E-state index is 12.1. The molecule has 0 heterocycles. The maximum Gasteiger partial charge on any atom is 0.328 e. The van der Waals surface area contributed by atoms with Gasteiger partial charge in [0.2, 0.25) is 0 Å². The van der Waals surface area contributed by atoms with Gasteiger partial charge in [-0.15, -0.1) is 0 Å². The molecule has 9 nitrogen and oxygen atoms in total. The molecule has 0 fully saturated rings. The van der Waals surface area contributed by atoms with Crippen LogP contribution in [-0.2, 0) is 9.53 Å². The van der Waals surface area contributed by atoms with Crippen molar-refractivity contribution in [3.8, 4) is 11.8 Å². The van der Waals surface area contributed by atoms with Gasteiger partial charge < -0.3 is 14.8 Å². The Kier molecular flexibility index (Phi) is 7.05. The summed E-state index contributed by atoms with van der Waals surface area (Å²) >= 11 is 0. The van der Waals surface area contributed by atoms with Crippen LogP contribution in [0.25, 0.3) is 0 Å². The molecule has 0 saturated heterocycles. The van der Waals surface area contributed by atoms with Crippen molar-refractivity contribution in [2.24, 2.45) is 0 Å². The number of benzene rings is 2. The zero-order valence-electron chi connectivity index (χ0n) is 15.0. The summed E-state index contributed by atoms with van der Waals surface area (Å²) in [6.07, 6.45) is 0. The van der Waals surface area contributed by atoms with E-state index in [-0.39, 0.29) is 24.5 Å². The number of nitro benzene ring substituents is 1. The monoisotopic (exact) mass is 383 g/mol. The van der Waals surface area contributed by atoms with Gasteiger partial charge in [-0.2, -0.15) is 5.26 Å². The van der Waals surface area contributed by atoms with Gasteiger partial charge in [-0.25, -0.2) is 4.79 Å². The van der Waals surface area contributed by atoms with Crippen molar-refractivity contribution in [3.05, 3.63) is 69.8 Å². The van der Waals surface area contributed by atoms with Crippen molar-refractivity contribution >= 4 is 17.6 Å². The summed E-state index contributed by atoms with van der Waals surface area (Å²) in [5.41, 5.74) is 0.355. The summed E-state index contributed by atoms with van der Waals surface area (Å²) in [5.74, 6) is -0.758. The van der Waals surface area contributed by atoms with Crippen molar-refractivity contribution in [1.82, 2.24) is 5.32 Å². The second kappa shape index (κ2) is 9.68. The average molecular weight is 383 g/mol. The first-order valence-corrected chi connectivity index (χ1v) is 8.25. The highest BCUT2D eigenvalue weighted by molar-refractivity contribution is 5.97. The number of nitrogens with one attached hydrogen (secondary N) is 1. The van der Waals surface area contributed by atoms with Crippen molar-refractivity contribution in [1.29, 1.82) is 5.26 Å². The van der Waals surface area contributed by atoms with E-state index in [1.807, 2.05) is 6.07 Å². The van der Waals surface area contributed by atoms with Gasteiger partial charge in [0.1, 0.15) is 25.0 Å². The third kappa shape index (κ3) is 5.81. The summed E-state index contributed by atoms with van der Waals surface area (Å²) < 4.78 is 10.4. The molecule has 1 unspecified atom stereocenters. The fraction of sp³-hybridized carbons (Fsp3) is 0.211. The summed E-state index contributed by atoms with van der Waals surface area (Å²) in [5, 5.41) is 21.9. The molecule has 9 heteroatoms. The topological polar surface area (TPSA) is 132 Å². The van der Waals surface area contributed by atoms with Gasteiger partial charge in [0.15, 0.2) is 0 Å². The number of ether oxygens (including phenoxy) is 2. The molecule has 0 radical (unpaired) electrons. The molecule has 0 aliphatic carbocycles. The number of rotatable bonds is 8. The number of hydrogen-bond donors (Lipinski definition) is 1. The van der Waals surface area contributed by atoms with Crippen LogP contribution in [0.3, 0.4) is 0 Å². The molecule has 0 bridgehead atoms. The molecule has 0 aliphatic heterocycles. The molecular formula is C19H17N3O6. The number of nitrogens with zero attached hydrogens (tertiary/aromatic N) is 2. The second-order valence-electron chi connectivity index (χ2n) is 5.65. The van der Waals surface area contributed by atoms with E-state index in [9.17, 15) is 19.7 Å². The van der Waals surface area contributed by atoms with Crippen LogP contribution in [0.15, 0.2) is 48.5 Å². The van der Waals surface area contributed by atoms with Crippen LogP contribution in [0, 0.1) is 21.4 Å². The lowest BCUT2D eigenvalue weighted by atomic mass is 10.2. The first-order valence-electron chi connectivity index (χ1n) is 8.25. The number of esters is 1. The van der Waals surface area contributed by atoms with Crippen LogP contribution in [0.2, 0.25) is 0 Å². The quantitative estimate of drug-likeness (QED) is 0.320. The Morgan fingerprint density at radius 1 is 1.21 bits per heavy atom. The van der Waals surface area contributed by atoms with Crippen molar-refractivity contribution in [3.63, 3.8) is 0 Å². The number of carbonyl (C=O) groups is 2. The number of nitriles is 1. The van der Waals surface area contributed by atoms with Crippen LogP contribution >= 0.6 is 0 Å². The minimum absolute atomic E-state index is 0.0319. The van der Waals surface area contributed by atoms with Crippen LogP contribution in [-0.4, -0.2) is 36.1 Å². The van der Waals surface area contributed by atoms with Crippen LogP contribution in [0.1, 0.15) is 22.8 Å². The highest BCUT2D eigenvalue weighted by Gasteiger charge is 2.19. The number of nitro groups is 1. The van der Waals surface area contributed by atoms with Gasteiger partial charge in [-0.05, 0) is 37.3 Å². The number of carbonyl (C=O) groups excluding carboxylic acids is 2. The molecule has 0 aromatic heterocycles. The van der Waals surface area contributed by atoms with Gasteiger partial charge in [0.25, 0.3) is 11.6 Å². The van der Waals surface area contributed by atoms with E-state index >= 15 is 0 Å². The fourth-order valence-corrected chi connectivity index (χ4v) is 2.15. The third-order valence-electron chi connectivity index (χ3n) is 3.60. The Bertz CT molecular complexity index is 905. The SMILES string of the molecule is CC(NC(=O)c1cccc([N+](=O)[O-])c1)C(=O)OCCOc1ccc(C#N)cc1. The van der Waals surface area contributed by atoms with E-state index in [2.05, 4.69) is 5.32 Å². The lowest BCUT2D eigenvalue weighted by Gasteiger charge is -2.14. The van der Waals surface area contributed by atoms with Crippen LogP contribution < -0.4 is 10.1 Å². The van der Waals surface area contributed by atoms with E-state index in [0.29, 0.717) is 11.3 Å². The normalized spacial score (nSPS) is 11.0. The number of hydrogen-bond acceptors (Lipinski definition) is 7. The van der Waals surface area contributed by atoms with E-state index in [1.54, 1.807) is 24.3 Å². The van der Waals surface area contributed by atoms with Gasteiger partial charge in [-0.1, -0.05) is 6.07 Å². The lowest BCUT2D eigenvalue weighted by molar-refractivity contribution is -0.384. The molecule has 0 spiro atoms. The molecule has 1 amide bonds. The predicted molar refractivity (Wildman–Crippen MR) is 97.6 cm³/mol. The molecule has 0 saturated carbocycles. The van der Waals surface area contributed by atoms with Crippen molar-refractivity contribution in [2.45, 2.75) is 13.0 Å². The lowest BCUT2D eigenvalue weighted by Crippen LogP contribution is -2.40. The zero-order valence-corrected chi connectivity index (χ0v) is 15.0. The standard InChI is InChI=1S/C19H17N3O6/c1-13(21-18(23)15-3-2-4-16(11-15)22(25)26)19(24)28-10-9-27-17-7-5-14(12-20)6-8-17/h2-8,11,13H,9-10H2,1H3,(H,21,23). The van der Waals surface area contributed by atoms with E-state index in [1.165, 1.54) is 25.1 Å². The molecule has 2 rings (SSSR count). The molecule has 28 heavy (non-hydrogen) atoms. The summed E-state index contributed by atoms with van der Waals surface area (Å²) in [6, 6.07) is 12.7. The minimum atomic E-state index is -0.943. The van der Waals surface area contributed by atoms with Crippen LogP contribution in [0.5, 0.6) is 5.75 Å². The highest BCUT2D eigenvalue weighted by atomic mass is 16.6.